The molecule has 0 saturated carbocycles. The van der Waals surface area contributed by atoms with E-state index in [1.807, 2.05) is 24.3 Å². The molecule has 0 aliphatic heterocycles. The van der Waals surface area contributed by atoms with Gasteiger partial charge in [0, 0.05) is 22.5 Å². The number of aromatic nitrogens is 1. The molecule has 0 aliphatic rings. The van der Waals surface area contributed by atoms with Crippen molar-refractivity contribution in [3.8, 4) is 5.75 Å². The molecule has 20 heavy (non-hydrogen) atoms. The summed E-state index contributed by atoms with van der Waals surface area (Å²) in [5, 5.41) is 0.297. The van der Waals surface area contributed by atoms with Crippen LogP contribution in [0, 0.1) is 0 Å². The summed E-state index contributed by atoms with van der Waals surface area (Å²) in [5.74, 6) is 1.11. The molecule has 0 bridgehead atoms. The number of rotatable bonds is 4. The summed E-state index contributed by atoms with van der Waals surface area (Å²) in [6.45, 7) is -0.901. The van der Waals surface area contributed by atoms with Crippen molar-refractivity contribution < 1.29 is 37.0 Å². The molecule has 0 fully saturated rings. The molecule has 2 rings (SSSR count). The fourth-order valence-corrected chi connectivity index (χ4v) is 1.99. The van der Waals surface area contributed by atoms with Crippen molar-refractivity contribution in [2.45, 2.75) is 11.4 Å². The van der Waals surface area contributed by atoms with E-state index in [0.717, 1.165) is 11.3 Å². The topological polar surface area (TPSA) is 25.4 Å². The molecular weight excluding hydrogens is 303 g/mol. The van der Waals surface area contributed by atoms with E-state index in [4.69, 9.17) is 31.7 Å². The molecule has 3 nitrogen and oxygen atoms in total. The van der Waals surface area contributed by atoms with E-state index in [0.29, 0.717) is 22.3 Å². The molecule has 1 aromatic heterocycles. The van der Waals surface area contributed by atoms with Crippen LogP contribution in [0.4, 0.5) is 5.82 Å². The molecule has 0 spiro atoms. The number of nitrogens with zero attached hydrogens (tertiary/aromatic N) is 2. The molecule has 0 atom stereocenters. The number of hydrogen-bond acceptors (Lipinski definition) is 4. The van der Waals surface area contributed by atoms with Gasteiger partial charge in [-0.3, -0.25) is 0 Å². The molecule has 0 radical (unpaired) electrons. The van der Waals surface area contributed by atoms with Gasteiger partial charge in [0.15, 0.2) is 0 Å². The normalized spacial score (nSPS) is 11.3. The zero-order chi connectivity index (χ0) is 15.4. The first-order chi connectivity index (χ1) is 10.0. The largest absolute Gasteiger partial charge is 1.00 e. The van der Waals surface area contributed by atoms with Gasteiger partial charge in [0.05, 0.1) is 12.1 Å². The Morgan fingerprint density at radius 3 is 2.65 bits per heavy atom. The molecular formula is C14H14ClN2NaOS. The predicted octanol–water partition coefficient (Wildman–Crippen LogP) is 0.290. The number of benzene rings is 1. The molecule has 0 N–H and O–H groups in total. The summed E-state index contributed by atoms with van der Waals surface area (Å²) < 4.78 is 20.5. The van der Waals surface area contributed by atoms with Crippen LogP contribution >= 0.6 is 11.6 Å². The average Bonchev–Trinajstić information content (AvgIpc) is 2.48. The van der Waals surface area contributed by atoms with E-state index in [9.17, 15) is 0 Å². The first kappa shape index (κ1) is 14.4. The first-order valence-corrected chi connectivity index (χ1v) is 6.37. The summed E-state index contributed by atoms with van der Waals surface area (Å²) in [5.41, 5.74) is 0.924. The number of halogens is 1. The third-order valence-electron chi connectivity index (χ3n) is 2.62. The molecule has 100 valence electrons. The Labute approximate surface area is 154 Å². The Morgan fingerprint density at radius 1 is 1.35 bits per heavy atom. The van der Waals surface area contributed by atoms with E-state index in [1.165, 1.54) is 11.1 Å². The first-order valence-electron chi connectivity index (χ1n) is 6.74. The predicted molar refractivity (Wildman–Crippen MR) is 80.0 cm³/mol. The fraction of sp³-hybridized carbons (Fsp3) is 0.214. The molecule has 2 aromatic rings. The number of methoxy groups -OCH3 is 1. The van der Waals surface area contributed by atoms with Crippen LogP contribution in [0.1, 0.15) is 8.30 Å². The van der Waals surface area contributed by atoms with Crippen molar-refractivity contribution in [2.24, 2.45) is 0 Å². The number of anilines is 1. The van der Waals surface area contributed by atoms with E-state index in [1.54, 1.807) is 13.2 Å². The summed E-state index contributed by atoms with van der Waals surface area (Å²) >= 11 is 11.3. The zero-order valence-electron chi connectivity index (χ0n) is 13.3. The quantitative estimate of drug-likeness (QED) is 0.598. The van der Waals surface area contributed by atoms with Crippen molar-refractivity contribution in [2.75, 3.05) is 19.0 Å². The summed E-state index contributed by atoms with van der Waals surface area (Å²) in [6.07, 6.45) is 1.53. The van der Waals surface area contributed by atoms with Crippen LogP contribution in [0.5, 0.6) is 5.75 Å². The van der Waals surface area contributed by atoms with Crippen LogP contribution in [0.3, 0.4) is 0 Å². The van der Waals surface area contributed by atoms with Gasteiger partial charge in [-0.15, -0.1) is 0 Å². The Kier molecular flexibility index (Phi) is 5.81. The maximum atomic E-state index is 7.70. The van der Waals surface area contributed by atoms with E-state index in [2.05, 4.69) is 4.98 Å². The summed E-state index contributed by atoms with van der Waals surface area (Å²) in [4.78, 5) is 6.09. The minimum Gasteiger partial charge on any atom is -0.778 e. The molecule has 1 aromatic carbocycles. The number of pyridine rings is 1. The third-order valence-corrected chi connectivity index (χ3v) is 3.44. The molecule has 0 aliphatic carbocycles. The van der Waals surface area contributed by atoms with Crippen LogP contribution in [-0.2, 0) is 19.2 Å². The number of hydrogen-bond donors (Lipinski definition) is 0. The third kappa shape index (κ3) is 4.24. The van der Waals surface area contributed by atoms with Gasteiger partial charge in [-0.1, -0.05) is 29.8 Å². The number of ether oxygens (including phenoxy) is 1. The molecule has 0 unspecified atom stereocenters. The van der Waals surface area contributed by atoms with Crippen LogP contribution in [-0.4, -0.2) is 19.1 Å². The van der Waals surface area contributed by atoms with Gasteiger partial charge in [0.1, 0.15) is 11.6 Å². The smallest absolute Gasteiger partial charge is 0.778 e. The second-order valence-electron chi connectivity index (χ2n) is 3.92. The van der Waals surface area contributed by atoms with E-state index in [-0.39, 0.29) is 29.6 Å². The van der Waals surface area contributed by atoms with Crippen LogP contribution < -0.4 is 39.2 Å². The van der Waals surface area contributed by atoms with E-state index >= 15 is 0 Å². The summed E-state index contributed by atoms with van der Waals surface area (Å²) in [6, 6.07) is 9.03. The monoisotopic (exact) mass is 318 g/mol. The van der Waals surface area contributed by atoms with Crippen molar-refractivity contribution in [3.05, 3.63) is 47.1 Å². The minimum absolute atomic E-state index is 0. The molecule has 6 heteroatoms. The minimum atomic E-state index is -1.24. The summed E-state index contributed by atoms with van der Waals surface area (Å²) in [7, 11) is 1.60. The van der Waals surface area contributed by atoms with Crippen molar-refractivity contribution in [1.29, 1.82) is 0 Å². The maximum absolute atomic E-state index is 7.70. The standard InChI is InChI=1S/C14H15ClN2OS.Na/c1-17(14-13(15)12(19)7-8-16-14)9-10-3-5-11(18-2)6-4-10;/h3-8H,9H2,1-2H3,(H,16,19);/q;+1/p-1/i1D2;. The molecule has 1 heterocycles. The Hall–Kier alpha value is -0.520. The zero-order valence-corrected chi connectivity index (χ0v) is 14.9. The molecule has 0 amide bonds. The van der Waals surface area contributed by atoms with Gasteiger partial charge >= 0.3 is 29.6 Å². The second-order valence-corrected chi connectivity index (χ2v) is 4.74. The average molecular weight is 319 g/mol. The van der Waals surface area contributed by atoms with Gasteiger partial charge in [0.2, 0.25) is 0 Å². The maximum Gasteiger partial charge on any atom is 1.00 e. The van der Waals surface area contributed by atoms with Crippen molar-refractivity contribution >= 4 is 30.0 Å². The van der Waals surface area contributed by atoms with Gasteiger partial charge < -0.3 is 22.3 Å². The van der Waals surface area contributed by atoms with Crippen LogP contribution in [0.15, 0.2) is 41.4 Å². The van der Waals surface area contributed by atoms with Gasteiger partial charge in [-0.05, 0) is 17.7 Å². The Balaban J connectivity index is 0.00000242. The molecule has 0 saturated heterocycles. The Bertz CT molecular complexity index is 616. The van der Waals surface area contributed by atoms with E-state index < -0.39 is 7.00 Å². The van der Waals surface area contributed by atoms with Gasteiger partial charge in [-0.2, -0.15) is 4.90 Å². The van der Waals surface area contributed by atoms with Crippen LogP contribution in [0.25, 0.3) is 0 Å². The fourth-order valence-electron chi connectivity index (χ4n) is 1.62. The van der Waals surface area contributed by atoms with Crippen molar-refractivity contribution in [3.63, 3.8) is 0 Å². The van der Waals surface area contributed by atoms with Gasteiger partial charge in [-0.25, -0.2) is 4.98 Å². The van der Waals surface area contributed by atoms with Gasteiger partial charge in [0.25, 0.3) is 0 Å². The van der Waals surface area contributed by atoms with Crippen LogP contribution in [0.2, 0.25) is 5.02 Å². The van der Waals surface area contributed by atoms with Crippen molar-refractivity contribution in [1.82, 2.24) is 4.98 Å². The SMILES string of the molecule is [2H]C([2H])N(Cc1ccc(OC)cc1)c1nccc([S-])c1Cl.[Na+]. The second kappa shape index (κ2) is 8.05. The Morgan fingerprint density at radius 2 is 2.05 bits per heavy atom.